The number of carbonyl (C=O) groups is 1. The second-order valence-corrected chi connectivity index (χ2v) is 11.0. The molecule has 0 bridgehead atoms. The number of aryl methyl sites for hydroxylation is 1. The summed E-state index contributed by atoms with van der Waals surface area (Å²) >= 11 is 9.94. The van der Waals surface area contributed by atoms with Gasteiger partial charge in [-0.1, -0.05) is 67.8 Å². The molecule has 0 aliphatic carbocycles. The monoisotopic (exact) mass is 605 g/mol. The average molecular weight is 607 g/mol. The number of nitrogens with zero attached hydrogens (tertiary/aromatic N) is 2. The minimum atomic E-state index is -3.96. The zero-order valence-corrected chi connectivity index (χ0v) is 23.8. The highest BCUT2D eigenvalue weighted by Crippen LogP contribution is 2.27. The maximum atomic E-state index is 12.4. The van der Waals surface area contributed by atoms with Crippen molar-refractivity contribution < 1.29 is 17.9 Å². The van der Waals surface area contributed by atoms with Gasteiger partial charge in [-0.3, -0.25) is 4.79 Å². The van der Waals surface area contributed by atoms with Gasteiger partial charge in [-0.15, -0.1) is 0 Å². The molecule has 7 nitrogen and oxygen atoms in total. The van der Waals surface area contributed by atoms with E-state index in [0.29, 0.717) is 45.6 Å². The maximum absolute atomic E-state index is 12.4. The molecule has 37 heavy (non-hydrogen) atoms. The zero-order chi connectivity index (χ0) is 26.8. The number of aromatic nitrogens is 2. The van der Waals surface area contributed by atoms with E-state index in [-0.39, 0.29) is 0 Å². The highest BCUT2D eigenvalue weighted by Gasteiger charge is 2.14. The zero-order valence-electron chi connectivity index (χ0n) is 20.7. The smallest absolute Gasteiger partial charge is 0.257 e. The Bertz CT molecular complexity index is 1390. The third-order valence-corrected chi connectivity index (χ3v) is 7.31. The summed E-state index contributed by atoms with van der Waals surface area (Å²) < 4.78 is 34.7. The van der Waals surface area contributed by atoms with Crippen LogP contribution in [0.5, 0.6) is 5.75 Å². The third-order valence-electron chi connectivity index (χ3n) is 5.40. The summed E-state index contributed by atoms with van der Waals surface area (Å²) in [6.07, 6.45) is 7.31. The molecule has 0 unspecified atom stereocenters. The summed E-state index contributed by atoms with van der Waals surface area (Å²) in [5.41, 5.74) is 2.15. The van der Waals surface area contributed by atoms with Crippen LogP contribution in [0.2, 0.25) is 5.02 Å². The predicted octanol–water partition coefficient (Wildman–Crippen LogP) is 6.35. The van der Waals surface area contributed by atoms with Crippen LogP contribution in [0.1, 0.15) is 48.8 Å². The molecule has 1 N–H and O–H groups in total. The number of imidazole rings is 1. The van der Waals surface area contributed by atoms with Gasteiger partial charge in [0.1, 0.15) is 16.2 Å². The highest BCUT2D eigenvalue weighted by atomic mass is 79.9. The highest BCUT2D eigenvalue weighted by molar-refractivity contribution is 9.10. The minimum Gasteiger partial charge on any atom is -0.494 e. The Balaban J connectivity index is 1.69. The van der Waals surface area contributed by atoms with Crippen molar-refractivity contribution >= 4 is 55.6 Å². The van der Waals surface area contributed by atoms with E-state index in [2.05, 4.69) is 27.8 Å². The molecule has 10 heteroatoms. The number of unbranched alkanes of at least 4 members (excludes halogenated alkanes) is 2. The predicted molar refractivity (Wildman–Crippen MR) is 152 cm³/mol. The molecule has 0 radical (unpaired) electrons. The number of amides is 1. The van der Waals surface area contributed by atoms with E-state index in [9.17, 15) is 13.2 Å². The Labute approximate surface area is 231 Å². The van der Waals surface area contributed by atoms with Crippen molar-refractivity contribution in [3.05, 3.63) is 92.3 Å². The maximum Gasteiger partial charge on any atom is 0.257 e. The first-order chi connectivity index (χ1) is 17.7. The van der Waals surface area contributed by atoms with Gasteiger partial charge < -0.3 is 9.30 Å². The minimum absolute atomic E-state index is 0.402. The SMILES string of the molecule is CCCCCOc1ccc(Cn2c(C)nc(Br)c2/C=C/C(=O)NS(=O)(=O)/C=C/c2ccccc2)c(Cl)c1. The molecule has 0 atom stereocenters. The van der Waals surface area contributed by atoms with Crippen LogP contribution in [0.15, 0.2) is 64.6 Å². The van der Waals surface area contributed by atoms with Crippen LogP contribution < -0.4 is 9.46 Å². The molecule has 0 spiro atoms. The molecule has 0 saturated carbocycles. The number of nitrogens with one attached hydrogen (secondary N) is 1. The van der Waals surface area contributed by atoms with Gasteiger partial charge in [0, 0.05) is 11.1 Å². The summed E-state index contributed by atoms with van der Waals surface area (Å²) in [6, 6.07) is 14.5. The average Bonchev–Trinajstić information content (AvgIpc) is 3.13. The van der Waals surface area contributed by atoms with Crippen LogP contribution in [0.25, 0.3) is 12.2 Å². The van der Waals surface area contributed by atoms with Crippen LogP contribution in [-0.4, -0.2) is 30.5 Å². The number of halogens is 2. The van der Waals surface area contributed by atoms with Crippen molar-refractivity contribution in [1.82, 2.24) is 14.3 Å². The molecule has 0 fully saturated rings. The molecule has 3 rings (SSSR count). The molecule has 1 amide bonds. The van der Waals surface area contributed by atoms with Crippen molar-refractivity contribution in [1.29, 1.82) is 0 Å². The van der Waals surface area contributed by atoms with Crippen LogP contribution in [0.4, 0.5) is 0 Å². The first-order valence-corrected chi connectivity index (χ1v) is 14.5. The number of sulfonamides is 1. The molecule has 0 aliphatic rings. The van der Waals surface area contributed by atoms with E-state index in [1.165, 1.54) is 12.2 Å². The number of carbonyl (C=O) groups excluding carboxylic acids is 1. The Kier molecular flexibility index (Phi) is 10.5. The first-order valence-electron chi connectivity index (χ1n) is 11.8. The van der Waals surface area contributed by atoms with Crippen LogP contribution in [0.3, 0.4) is 0 Å². The van der Waals surface area contributed by atoms with Crippen molar-refractivity contribution in [3.63, 3.8) is 0 Å². The lowest BCUT2D eigenvalue weighted by Crippen LogP contribution is -2.26. The lowest BCUT2D eigenvalue weighted by molar-refractivity contribution is -0.114. The van der Waals surface area contributed by atoms with E-state index in [4.69, 9.17) is 16.3 Å². The van der Waals surface area contributed by atoms with E-state index < -0.39 is 15.9 Å². The van der Waals surface area contributed by atoms with Gasteiger partial charge in [0.25, 0.3) is 15.9 Å². The largest absolute Gasteiger partial charge is 0.494 e. The van der Waals surface area contributed by atoms with E-state index in [1.807, 2.05) is 34.4 Å². The Hall–Kier alpha value is -2.88. The van der Waals surface area contributed by atoms with Crippen LogP contribution >= 0.6 is 27.5 Å². The van der Waals surface area contributed by atoms with Crippen molar-refractivity contribution in [2.75, 3.05) is 6.61 Å². The lowest BCUT2D eigenvalue weighted by atomic mass is 10.2. The summed E-state index contributed by atoms with van der Waals surface area (Å²) in [5, 5.41) is 1.51. The summed E-state index contributed by atoms with van der Waals surface area (Å²) in [6.45, 7) is 5.02. The van der Waals surface area contributed by atoms with Gasteiger partial charge in [-0.25, -0.2) is 18.1 Å². The van der Waals surface area contributed by atoms with Crippen molar-refractivity contribution in [3.8, 4) is 5.75 Å². The van der Waals surface area contributed by atoms with Crippen molar-refractivity contribution in [2.24, 2.45) is 0 Å². The van der Waals surface area contributed by atoms with E-state index in [0.717, 1.165) is 36.3 Å². The Morgan fingerprint density at radius 1 is 1.16 bits per heavy atom. The Morgan fingerprint density at radius 3 is 2.62 bits per heavy atom. The number of benzene rings is 2. The number of hydrogen-bond acceptors (Lipinski definition) is 5. The summed E-state index contributed by atoms with van der Waals surface area (Å²) in [4.78, 5) is 16.8. The molecule has 1 heterocycles. The summed E-state index contributed by atoms with van der Waals surface area (Å²) in [5.74, 6) is 0.631. The number of hydrogen-bond donors (Lipinski definition) is 1. The molecule has 2 aromatic carbocycles. The van der Waals surface area contributed by atoms with Gasteiger partial charge in [0.05, 0.1) is 24.3 Å². The molecule has 196 valence electrons. The molecule has 0 aliphatic heterocycles. The fraction of sp³-hybridized carbons (Fsp3) is 0.259. The van der Waals surface area contributed by atoms with Crippen LogP contribution in [0, 0.1) is 6.92 Å². The van der Waals surface area contributed by atoms with Crippen molar-refractivity contribution in [2.45, 2.75) is 39.7 Å². The van der Waals surface area contributed by atoms with Gasteiger partial charge in [0.15, 0.2) is 0 Å². The van der Waals surface area contributed by atoms with E-state index in [1.54, 1.807) is 30.3 Å². The molecule has 0 saturated heterocycles. The van der Waals surface area contributed by atoms with Crippen LogP contribution in [-0.2, 0) is 21.4 Å². The molecule has 1 aromatic heterocycles. The fourth-order valence-electron chi connectivity index (χ4n) is 3.46. The van der Waals surface area contributed by atoms with Gasteiger partial charge in [-0.05, 0) is 64.7 Å². The molecule has 3 aromatic rings. The third kappa shape index (κ3) is 8.87. The summed E-state index contributed by atoms with van der Waals surface area (Å²) in [7, 11) is -3.96. The first kappa shape index (κ1) is 28.7. The second kappa shape index (κ2) is 13.6. The number of rotatable bonds is 12. The van der Waals surface area contributed by atoms with Gasteiger partial charge in [0.2, 0.25) is 0 Å². The quantitative estimate of drug-likeness (QED) is 0.192. The standard InChI is InChI=1S/C27H29BrClN3O4S/c1-3-4-8-16-36-23-12-11-22(24(29)18-23)19-32-20(2)30-27(28)25(32)13-14-26(33)31-37(34,35)17-15-21-9-6-5-7-10-21/h5-7,9-15,17-18H,3-4,8,16,19H2,1-2H3,(H,31,33)/b14-13+,17-15+. The molecular formula is C27H29BrClN3O4S. The van der Waals surface area contributed by atoms with Gasteiger partial charge >= 0.3 is 0 Å². The fourth-order valence-corrected chi connectivity index (χ4v) is 5.04. The topological polar surface area (TPSA) is 90.3 Å². The van der Waals surface area contributed by atoms with Gasteiger partial charge in [-0.2, -0.15) is 0 Å². The number of ether oxygens (including phenoxy) is 1. The lowest BCUT2D eigenvalue weighted by Gasteiger charge is -2.12. The Morgan fingerprint density at radius 2 is 1.92 bits per heavy atom. The molecular weight excluding hydrogens is 578 g/mol. The second-order valence-electron chi connectivity index (χ2n) is 8.29. The normalized spacial score (nSPS) is 11.9. The van der Waals surface area contributed by atoms with E-state index >= 15 is 0 Å².